The molecule has 0 amide bonds. The lowest BCUT2D eigenvalue weighted by Gasteiger charge is -2.43. The number of rotatable bonds is 8. The van der Waals surface area contributed by atoms with Gasteiger partial charge >= 0.3 is 0 Å². The molecule has 190 valence electrons. The number of methoxy groups -OCH3 is 2. The average Bonchev–Trinajstić information content (AvgIpc) is 3.58. The van der Waals surface area contributed by atoms with E-state index >= 15 is 0 Å². The smallest absolute Gasteiger partial charge is 0.173 e. The zero-order valence-electron chi connectivity index (χ0n) is 20.5. The molecule has 3 heterocycles. The Balaban J connectivity index is 0.00000289. The fraction of sp³-hybridized carbons (Fsp3) is 0.560. The maximum atomic E-state index is 5.62. The minimum atomic E-state index is -0.0988. The molecule has 0 spiro atoms. The van der Waals surface area contributed by atoms with Crippen molar-refractivity contribution in [3.8, 4) is 11.5 Å². The molecule has 1 aliphatic carbocycles. The van der Waals surface area contributed by atoms with Gasteiger partial charge in [0.05, 0.1) is 26.5 Å². The predicted molar refractivity (Wildman–Crippen MR) is 134 cm³/mol. The second kappa shape index (κ2) is 11.9. The molecule has 2 fully saturated rings. The van der Waals surface area contributed by atoms with Gasteiger partial charge < -0.3 is 13.9 Å². The first-order valence-corrected chi connectivity index (χ1v) is 12.3. The van der Waals surface area contributed by atoms with Crippen LogP contribution in [0.4, 0.5) is 0 Å². The number of ether oxygens (including phenoxy) is 2. The van der Waals surface area contributed by atoms with E-state index in [-0.39, 0.29) is 18.4 Å². The van der Waals surface area contributed by atoms with Gasteiger partial charge in [-0.3, -0.25) is 9.80 Å². The van der Waals surface area contributed by atoms with Crippen molar-refractivity contribution in [1.29, 1.82) is 0 Å². The van der Waals surface area contributed by atoms with E-state index in [2.05, 4.69) is 31.4 Å². The third-order valence-electron chi connectivity index (χ3n) is 7.22. The van der Waals surface area contributed by atoms with Crippen LogP contribution in [-0.4, -0.2) is 76.4 Å². The summed E-state index contributed by atoms with van der Waals surface area (Å²) in [4.78, 5) is 5.18. The second-order valence-electron chi connectivity index (χ2n) is 9.15. The summed E-state index contributed by atoms with van der Waals surface area (Å²) in [6.45, 7) is 4.54. The molecule has 1 aromatic carbocycles. The van der Waals surface area contributed by atoms with E-state index in [1.165, 1.54) is 32.1 Å². The van der Waals surface area contributed by atoms with Gasteiger partial charge in [-0.05, 0) is 53.1 Å². The highest BCUT2D eigenvalue weighted by molar-refractivity contribution is 5.85. The van der Waals surface area contributed by atoms with Crippen molar-refractivity contribution in [2.45, 2.75) is 50.7 Å². The van der Waals surface area contributed by atoms with E-state index in [0.717, 1.165) is 49.4 Å². The Morgan fingerprint density at radius 2 is 1.77 bits per heavy atom. The van der Waals surface area contributed by atoms with Crippen molar-refractivity contribution in [3.05, 3.63) is 53.7 Å². The van der Waals surface area contributed by atoms with Crippen LogP contribution in [0.5, 0.6) is 11.5 Å². The lowest BCUT2D eigenvalue weighted by molar-refractivity contribution is 0.0619. The normalized spacial score (nSPS) is 18.7. The molecule has 1 unspecified atom stereocenters. The molecule has 0 bridgehead atoms. The largest absolute Gasteiger partial charge is 0.493 e. The first-order chi connectivity index (χ1) is 16.8. The van der Waals surface area contributed by atoms with E-state index in [9.17, 15) is 0 Å². The van der Waals surface area contributed by atoms with Crippen molar-refractivity contribution in [1.82, 2.24) is 30.0 Å². The lowest BCUT2D eigenvalue weighted by atomic mass is 9.93. The summed E-state index contributed by atoms with van der Waals surface area (Å²) in [5.74, 6) is 3.04. The molecule has 35 heavy (non-hydrogen) atoms. The lowest BCUT2D eigenvalue weighted by Crippen LogP contribution is -2.52. The van der Waals surface area contributed by atoms with Crippen molar-refractivity contribution in [3.63, 3.8) is 0 Å². The number of halogens is 1. The van der Waals surface area contributed by atoms with Crippen LogP contribution >= 0.6 is 12.4 Å². The van der Waals surface area contributed by atoms with Gasteiger partial charge in [-0.15, -0.1) is 17.5 Å². The van der Waals surface area contributed by atoms with Crippen molar-refractivity contribution in [2.24, 2.45) is 0 Å². The van der Waals surface area contributed by atoms with Crippen molar-refractivity contribution in [2.75, 3.05) is 40.4 Å². The van der Waals surface area contributed by atoms with E-state index in [0.29, 0.717) is 18.0 Å². The number of hydrogen-bond donors (Lipinski definition) is 0. The van der Waals surface area contributed by atoms with Crippen LogP contribution in [0, 0.1) is 0 Å². The maximum Gasteiger partial charge on any atom is 0.173 e. The molecule has 1 atom stereocenters. The zero-order chi connectivity index (χ0) is 23.3. The number of benzene rings is 1. The summed E-state index contributed by atoms with van der Waals surface area (Å²) in [6, 6.07) is 10.6. The fourth-order valence-electron chi connectivity index (χ4n) is 5.42. The Hall–Kier alpha value is -2.62. The summed E-state index contributed by atoms with van der Waals surface area (Å²) >= 11 is 0. The Labute approximate surface area is 212 Å². The SMILES string of the molecule is COc1ccc(C(c2nnnn2Cc2ccco2)N2CCN(C3CCCCC3)CC2)cc1OC.Cl. The third kappa shape index (κ3) is 5.63. The molecule has 2 aliphatic rings. The highest BCUT2D eigenvalue weighted by Crippen LogP contribution is 2.35. The molecule has 10 heteroatoms. The van der Waals surface area contributed by atoms with Crippen LogP contribution in [-0.2, 0) is 6.54 Å². The Kier molecular flexibility index (Phi) is 8.64. The number of furan rings is 1. The molecule has 9 nitrogen and oxygen atoms in total. The molecule has 2 aromatic heterocycles. The van der Waals surface area contributed by atoms with Gasteiger partial charge in [-0.2, -0.15) is 0 Å². The van der Waals surface area contributed by atoms with Gasteiger partial charge in [0.2, 0.25) is 0 Å². The Bertz CT molecular complexity index is 1050. The molecule has 1 saturated heterocycles. The van der Waals surface area contributed by atoms with Gasteiger partial charge in [-0.25, -0.2) is 4.68 Å². The summed E-state index contributed by atoms with van der Waals surface area (Å²) in [6.07, 6.45) is 8.45. The van der Waals surface area contributed by atoms with Gasteiger partial charge in [0.25, 0.3) is 0 Å². The molecule has 0 radical (unpaired) electrons. The predicted octanol–water partition coefficient (Wildman–Crippen LogP) is 3.79. The zero-order valence-corrected chi connectivity index (χ0v) is 21.3. The highest BCUT2D eigenvalue weighted by atomic mass is 35.5. The highest BCUT2D eigenvalue weighted by Gasteiger charge is 2.33. The summed E-state index contributed by atoms with van der Waals surface area (Å²) in [5.41, 5.74) is 1.08. The van der Waals surface area contributed by atoms with Gasteiger partial charge in [0, 0.05) is 32.2 Å². The van der Waals surface area contributed by atoms with Crippen LogP contribution in [0.2, 0.25) is 0 Å². The van der Waals surface area contributed by atoms with Crippen molar-refractivity contribution < 1.29 is 13.9 Å². The average molecular weight is 503 g/mol. The van der Waals surface area contributed by atoms with E-state index < -0.39 is 0 Å². The molecular formula is C25H35ClN6O3. The molecular weight excluding hydrogens is 468 g/mol. The number of piperazine rings is 1. The molecule has 5 rings (SSSR count). The third-order valence-corrected chi connectivity index (χ3v) is 7.22. The van der Waals surface area contributed by atoms with Crippen LogP contribution in [0.25, 0.3) is 0 Å². The molecule has 3 aromatic rings. The Morgan fingerprint density at radius 3 is 2.46 bits per heavy atom. The second-order valence-corrected chi connectivity index (χ2v) is 9.15. The molecule has 1 saturated carbocycles. The fourth-order valence-corrected chi connectivity index (χ4v) is 5.42. The first-order valence-electron chi connectivity index (χ1n) is 12.3. The van der Waals surface area contributed by atoms with E-state index in [1.54, 1.807) is 20.5 Å². The van der Waals surface area contributed by atoms with Gasteiger partial charge in [0.1, 0.15) is 12.3 Å². The molecule has 0 N–H and O–H groups in total. The minimum Gasteiger partial charge on any atom is -0.493 e. The van der Waals surface area contributed by atoms with Crippen LogP contribution in [0.1, 0.15) is 55.3 Å². The standard InChI is InChI=1S/C25H34N6O3.ClH/c1-32-22-11-10-19(17-23(22)33-2)24(25-26-27-28-31(25)18-21-9-6-16-34-21)30-14-12-29(13-15-30)20-7-4-3-5-8-20;/h6,9-11,16-17,20,24H,3-5,7-8,12-15,18H2,1-2H3;1H. The first kappa shape index (κ1) is 25.5. The van der Waals surface area contributed by atoms with Crippen LogP contribution < -0.4 is 9.47 Å². The summed E-state index contributed by atoms with van der Waals surface area (Å²) < 4.78 is 18.5. The van der Waals surface area contributed by atoms with Crippen molar-refractivity contribution >= 4 is 12.4 Å². The number of tetrazole rings is 1. The van der Waals surface area contributed by atoms with Gasteiger partial charge in [-0.1, -0.05) is 25.3 Å². The summed E-state index contributed by atoms with van der Waals surface area (Å²) in [7, 11) is 3.32. The summed E-state index contributed by atoms with van der Waals surface area (Å²) in [5, 5.41) is 12.8. The quantitative estimate of drug-likeness (QED) is 0.460. The topological polar surface area (TPSA) is 81.7 Å². The van der Waals surface area contributed by atoms with Crippen LogP contribution in [0.3, 0.4) is 0 Å². The van der Waals surface area contributed by atoms with E-state index in [1.807, 2.05) is 28.9 Å². The van der Waals surface area contributed by atoms with Crippen LogP contribution in [0.15, 0.2) is 41.0 Å². The van der Waals surface area contributed by atoms with Gasteiger partial charge in [0.15, 0.2) is 17.3 Å². The number of nitrogens with zero attached hydrogens (tertiary/aromatic N) is 6. The maximum absolute atomic E-state index is 5.62. The monoisotopic (exact) mass is 502 g/mol. The molecule has 1 aliphatic heterocycles. The van der Waals surface area contributed by atoms with E-state index in [4.69, 9.17) is 13.9 Å². The minimum absolute atomic E-state index is 0. The Morgan fingerprint density at radius 1 is 1.00 bits per heavy atom. The number of hydrogen-bond acceptors (Lipinski definition) is 8. The number of aromatic nitrogens is 4.